The molecule has 3 nitrogen and oxygen atoms in total. The zero-order chi connectivity index (χ0) is 15.4. The Kier molecular flexibility index (Phi) is 6.08. The second-order valence-corrected chi connectivity index (χ2v) is 7.75. The maximum atomic E-state index is 12.7. The molecule has 118 valence electrons. The summed E-state index contributed by atoms with van der Waals surface area (Å²) in [5.41, 5.74) is 0. The maximum Gasteiger partial charge on any atom is 0.239 e. The summed E-state index contributed by atoms with van der Waals surface area (Å²) in [5.74, 6) is 1.02. The normalized spacial score (nSPS) is 18.2. The van der Waals surface area contributed by atoms with Crippen LogP contribution in [0.4, 0.5) is 0 Å². The monoisotopic (exact) mass is 328 g/mol. The zero-order valence-electron chi connectivity index (χ0n) is 13.1. The lowest BCUT2D eigenvalue weighted by Gasteiger charge is -2.35. The summed E-state index contributed by atoms with van der Waals surface area (Å²) in [6, 6.07) is 3.91. The first-order valence-electron chi connectivity index (χ1n) is 7.78. The first kappa shape index (κ1) is 16.8. The first-order chi connectivity index (χ1) is 10.0. The van der Waals surface area contributed by atoms with Crippen molar-refractivity contribution in [1.29, 1.82) is 0 Å². The molecule has 0 spiro atoms. The van der Waals surface area contributed by atoms with Crippen LogP contribution in [-0.2, 0) is 11.3 Å². The average molecular weight is 329 g/mol. The molecule has 0 bridgehead atoms. The molecule has 1 atom stereocenters. The second-order valence-electron chi connectivity index (χ2n) is 5.95. The van der Waals surface area contributed by atoms with Crippen LogP contribution in [0.25, 0.3) is 0 Å². The van der Waals surface area contributed by atoms with Crippen molar-refractivity contribution in [2.24, 2.45) is 5.92 Å². The summed E-state index contributed by atoms with van der Waals surface area (Å²) in [4.78, 5) is 18.1. The van der Waals surface area contributed by atoms with E-state index in [4.69, 9.17) is 11.6 Å². The minimum atomic E-state index is -0.0655. The van der Waals surface area contributed by atoms with E-state index < -0.39 is 0 Å². The molecule has 0 saturated carbocycles. The zero-order valence-corrected chi connectivity index (χ0v) is 14.7. The van der Waals surface area contributed by atoms with Crippen LogP contribution in [0.5, 0.6) is 0 Å². The number of nitrogens with zero attached hydrogens (tertiary/aromatic N) is 2. The van der Waals surface area contributed by atoms with Gasteiger partial charge in [-0.05, 0) is 44.4 Å². The van der Waals surface area contributed by atoms with Crippen LogP contribution in [0.1, 0.15) is 38.5 Å². The van der Waals surface area contributed by atoms with Gasteiger partial charge >= 0.3 is 0 Å². The van der Waals surface area contributed by atoms with Gasteiger partial charge in [-0.2, -0.15) is 0 Å². The van der Waals surface area contributed by atoms with Gasteiger partial charge in [0.2, 0.25) is 5.91 Å². The molecule has 2 heterocycles. The first-order valence-corrected chi connectivity index (χ1v) is 8.97. The Bertz CT molecular complexity index is 469. The molecule has 0 N–H and O–H groups in total. The van der Waals surface area contributed by atoms with Crippen LogP contribution >= 0.6 is 22.9 Å². The van der Waals surface area contributed by atoms with E-state index in [9.17, 15) is 4.79 Å². The fourth-order valence-corrected chi connectivity index (χ4v) is 3.92. The standard InChI is InChI=1S/C16H25ClN2OS/c1-4-18(11-14-5-6-15(17)21-14)13(3)16(20)19-9-7-12(2)8-10-19/h5-6,12-13H,4,7-11H2,1-3H3. The van der Waals surface area contributed by atoms with Crippen LogP contribution in [0.3, 0.4) is 0 Å². The molecular weight excluding hydrogens is 304 g/mol. The quantitative estimate of drug-likeness (QED) is 0.819. The fraction of sp³-hybridized carbons (Fsp3) is 0.688. The Morgan fingerprint density at radius 3 is 2.67 bits per heavy atom. The van der Waals surface area contributed by atoms with E-state index >= 15 is 0 Å². The fourth-order valence-electron chi connectivity index (χ4n) is 2.81. The smallest absolute Gasteiger partial charge is 0.239 e. The number of amides is 1. The van der Waals surface area contributed by atoms with Crippen LogP contribution in [0.15, 0.2) is 12.1 Å². The largest absolute Gasteiger partial charge is 0.341 e. The highest BCUT2D eigenvalue weighted by Gasteiger charge is 2.27. The highest BCUT2D eigenvalue weighted by Crippen LogP contribution is 2.24. The summed E-state index contributed by atoms with van der Waals surface area (Å²) < 4.78 is 0.810. The molecule has 0 radical (unpaired) electrons. The number of likely N-dealkylation sites (tertiary alicyclic amines) is 1. The number of thiophene rings is 1. The Hall–Kier alpha value is -0.580. The Labute approximate surface area is 136 Å². The van der Waals surface area contributed by atoms with E-state index in [1.165, 1.54) is 4.88 Å². The number of piperidine rings is 1. The molecule has 1 saturated heterocycles. The van der Waals surface area contributed by atoms with Crippen LogP contribution in [-0.4, -0.2) is 41.4 Å². The van der Waals surface area contributed by atoms with E-state index in [2.05, 4.69) is 24.8 Å². The molecule has 0 aromatic carbocycles. The van der Waals surface area contributed by atoms with Crippen LogP contribution in [0.2, 0.25) is 4.34 Å². The molecule has 1 aliphatic rings. The topological polar surface area (TPSA) is 23.6 Å². The molecule has 1 fully saturated rings. The molecule has 1 unspecified atom stereocenters. The lowest BCUT2D eigenvalue weighted by atomic mass is 9.98. The Balaban J connectivity index is 1.95. The lowest BCUT2D eigenvalue weighted by Crippen LogP contribution is -2.49. The van der Waals surface area contributed by atoms with Crippen molar-refractivity contribution in [2.75, 3.05) is 19.6 Å². The van der Waals surface area contributed by atoms with Crippen molar-refractivity contribution in [2.45, 2.75) is 46.2 Å². The number of hydrogen-bond donors (Lipinski definition) is 0. The highest BCUT2D eigenvalue weighted by molar-refractivity contribution is 7.16. The van der Waals surface area contributed by atoms with Crippen molar-refractivity contribution in [3.63, 3.8) is 0 Å². The summed E-state index contributed by atoms with van der Waals surface area (Å²) in [6.07, 6.45) is 2.26. The predicted molar refractivity (Wildman–Crippen MR) is 89.9 cm³/mol. The third kappa shape index (κ3) is 4.44. The van der Waals surface area contributed by atoms with Gasteiger partial charge in [-0.1, -0.05) is 25.4 Å². The van der Waals surface area contributed by atoms with Gasteiger partial charge in [-0.15, -0.1) is 11.3 Å². The number of likely N-dealkylation sites (N-methyl/N-ethyl adjacent to an activating group) is 1. The van der Waals surface area contributed by atoms with Gasteiger partial charge in [0.25, 0.3) is 0 Å². The molecule has 1 amide bonds. The summed E-state index contributed by atoms with van der Waals surface area (Å²) in [6.45, 7) is 9.89. The third-order valence-electron chi connectivity index (χ3n) is 4.39. The summed E-state index contributed by atoms with van der Waals surface area (Å²) in [7, 11) is 0. The summed E-state index contributed by atoms with van der Waals surface area (Å²) >= 11 is 7.58. The number of rotatable bonds is 5. The van der Waals surface area contributed by atoms with Gasteiger partial charge in [-0.25, -0.2) is 0 Å². The minimum absolute atomic E-state index is 0.0655. The molecule has 1 aromatic heterocycles. The average Bonchev–Trinajstić information content (AvgIpc) is 2.89. The number of carbonyl (C=O) groups excluding carboxylic acids is 1. The van der Waals surface area contributed by atoms with Crippen molar-refractivity contribution in [1.82, 2.24) is 9.80 Å². The van der Waals surface area contributed by atoms with Gasteiger partial charge in [0.05, 0.1) is 10.4 Å². The molecular formula is C16H25ClN2OS. The second kappa shape index (κ2) is 7.61. The van der Waals surface area contributed by atoms with Crippen molar-refractivity contribution >= 4 is 28.8 Å². The van der Waals surface area contributed by atoms with Gasteiger partial charge in [0, 0.05) is 24.5 Å². The van der Waals surface area contributed by atoms with E-state index in [1.54, 1.807) is 11.3 Å². The van der Waals surface area contributed by atoms with Crippen molar-refractivity contribution < 1.29 is 4.79 Å². The van der Waals surface area contributed by atoms with Gasteiger partial charge in [0.15, 0.2) is 0 Å². The summed E-state index contributed by atoms with van der Waals surface area (Å²) in [5, 5.41) is 0. The molecule has 5 heteroatoms. The van der Waals surface area contributed by atoms with Crippen molar-refractivity contribution in [3.05, 3.63) is 21.3 Å². The van der Waals surface area contributed by atoms with E-state index in [-0.39, 0.29) is 11.9 Å². The Morgan fingerprint density at radius 1 is 1.48 bits per heavy atom. The number of halogens is 1. The lowest BCUT2D eigenvalue weighted by molar-refractivity contribution is -0.137. The van der Waals surface area contributed by atoms with Gasteiger partial charge in [0.1, 0.15) is 0 Å². The number of carbonyl (C=O) groups is 1. The predicted octanol–water partition coefficient (Wildman–Crippen LogP) is 3.87. The number of hydrogen-bond acceptors (Lipinski definition) is 3. The van der Waals surface area contributed by atoms with Crippen molar-refractivity contribution in [3.8, 4) is 0 Å². The molecule has 1 aliphatic heterocycles. The van der Waals surface area contributed by atoms with E-state index in [0.29, 0.717) is 0 Å². The van der Waals surface area contributed by atoms with Crippen LogP contribution in [0, 0.1) is 5.92 Å². The highest BCUT2D eigenvalue weighted by atomic mass is 35.5. The van der Waals surface area contributed by atoms with E-state index in [1.807, 2.05) is 17.9 Å². The van der Waals surface area contributed by atoms with Crippen LogP contribution < -0.4 is 0 Å². The van der Waals surface area contributed by atoms with Gasteiger partial charge in [-0.3, -0.25) is 9.69 Å². The Morgan fingerprint density at radius 2 is 2.14 bits per heavy atom. The van der Waals surface area contributed by atoms with Gasteiger partial charge < -0.3 is 4.90 Å². The molecule has 1 aromatic rings. The molecule has 21 heavy (non-hydrogen) atoms. The maximum absolute atomic E-state index is 12.7. The third-order valence-corrected chi connectivity index (χ3v) is 5.61. The SMILES string of the molecule is CCN(Cc1ccc(Cl)s1)C(C)C(=O)N1CCC(C)CC1. The van der Waals surface area contributed by atoms with E-state index in [0.717, 1.165) is 49.3 Å². The molecule has 2 rings (SSSR count). The molecule has 0 aliphatic carbocycles. The minimum Gasteiger partial charge on any atom is -0.341 e.